The molecule has 0 saturated heterocycles. The largest absolute Gasteiger partial charge is 0.493 e. The van der Waals surface area contributed by atoms with Crippen molar-refractivity contribution in [3.05, 3.63) is 48.3 Å². The van der Waals surface area contributed by atoms with Gasteiger partial charge in [-0.15, -0.1) is 0 Å². The van der Waals surface area contributed by atoms with Gasteiger partial charge in [-0.3, -0.25) is 0 Å². The maximum Gasteiger partial charge on any atom is 0.165 e. The van der Waals surface area contributed by atoms with Crippen LogP contribution >= 0.6 is 0 Å². The Kier molecular flexibility index (Phi) is 7.22. The molecule has 2 rings (SSSR count). The summed E-state index contributed by atoms with van der Waals surface area (Å²) in [5, 5.41) is 18.4. The highest BCUT2D eigenvalue weighted by molar-refractivity contribution is 5.65. The minimum Gasteiger partial charge on any atom is -0.493 e. The van der Waals surface area contributed by atoms with E-state index in [2.05, 4.69) is 0 Å². The first-order valence-corrected chi connectivity index (χ1v) is 8.47. The van der Waals surface area contributed by atoms with Crippen LogP contribution in [0.1, 0.15) is 26.7 Å². The molecule has 0 aromatic heterocycles. The van der Waals surface area contributed by atoms with Crippen molar-refractivity contribution in [1.29, 1.82) is 0 Å². The predicted molar refractivity (Wildman–Crippen MR) is 95.4 cm³/mol. The fourth-order valence-electron chi connectivity index (χ4n) is 2.23. The zero-order valence-electron chi connectivity index (χ0n) is 14.6. The Morgan fingerprint density at radius 2 is 1.40 bits per heavy atom. The molecule has 5 heteroatoms. The van der Waals surface area contributed by atoms with E-state index < -0.39 is 11.9 Å². The second kappa shape index (κ2) is 9.39. The Morgan fingerprint density at radius 3 is 1.96 bits per heavy atom. The molecular formula is C20H25FO4. The van der Waals surface area contributed by atoms with Gasteiger partial charge in [-0.05, 0) is 49.2 Å². The van der Waals surface area contributed by atoms with Crippen LogP contribution in [-0.4, -0.2) is 35.6 Å². The molecule has 0 heterocycles. The summed E-state index contributed by atoms with van der Waals surface area (Å²) < 4.78 is 25.0. The first-order valence-electron chi connectivity index (χ1n) is 8.47. The van der Waals surface area contributed by atoms with Gasteiger partial charge in [0.2, 0.25) is 0 Å². The molecule has 25 heavy (non-hydrogen) atoms. The number of aliphatic hydroxyl groups excluding tert-OH is 2. The molecule has 2 aromatic carbocycles. The predicted octanol–water partition coefficient (Wildman–Crippen LogP) is 3.79. The summed E-state index contributed by atoms with van der Waals surface area (Å²) in [7, 11) is 0. The molecule has 2 aromatic rings. The van der Waals surface area contributed by atoms with E-state index in [-0.39, 0.29) is 18.5 Å². The van der Waals surface area contributed by atoms with Gasteiger partial charge in [0.25, 0.3) is 0 Å². The second-order valence-corrected chi connectivity index (χ2v) is 6.14. The van der Waals surface area contributed by atoms with E-state index >= 15 is 0 Å². The van der Waals surface area contributed by atoms with Crippen LogP contribution in [0.4, 0.5) is 4.39 Å². The van der Waals surface area contributed by atoms with E-state index in [1.54, 1.807) is 26.0 Å². The molecule has 136 valence electrons. The zero-order chi connectivity index (χ0) is 18.2. The average Bonchev–Trinajstić information content (AvgIpc) is 2.56. The summed E-state index contributed by atoms with van der Waals surface area (Å²) in [6, 6.07) is 12.2. The third-order valence-corrected chi connectivity index (χ3v) is 3.72. The summed E-state index contributed by atoms with van der Waals surface area (Å²) in [4.78, 5) is 0. The maximum absolute atomic E-state index is 14.1. The van der Waals surface area contributed by atoms with Crippen molar-refractivity contribution in [1.82, 2.24) is 0 Å². The number of benzene rings is 2. The summed E-state index contributed by atoms with van der Waals surface area (Å²) in [5.41, 5.74) is 1.62. The van der Waals surface area contributed by atoms with Crippen LogP contribution in [-0.2, 0) is 0 Å². The summed E-state index contributed by atoms with van der Waals surface area (Å²) in [6.45, 7) is 4.11. The van der Waals surface area contributed by atoms with Gasteiger partial charge in [-0.25, -0.2) is 4.39 Å². The molecule has 0 aliphatic carbocycles. The molecule has 2 N–H and O–H groups in total. The Balaban J connectivity index is 1.97. The van der Waals surface area contributed by atoms with E-state index in [1.165, 1.54) is 6.07 Å². The van der Waals surface area contributed by atoms with Crippen LogP contribution < -0.4 is 9.47 Å². The Bertz CT molecular complexity index is 653. The smallest absolute Gasteiger partial charge is 0.165 e. The van der Waals surface area contributed by atoms with Crippen molar-refractivity contribution in [3.8, 4) is 22.6 Å². The standard InChI is InChI=1S/C20H25FO4/c1-14(22)9-11-24-18-6-3-16(4-7-18)17-5-8-20(19(21)13-17)25-12-10-15(2)23/h3-8,13-15,22-23H,9-12H2,1-2H3. The molecule has 0 amide bonds. The molecule has 0 radical (unpaired) electrons. The number of ether oxygens (including phenoxy) is 2. The molecule has 0 aliphatic heterocycles. The maximum atomic E-state index is 14.1. The molecule has 0 bridgehead atoms. The average molecular weight is 348 g/mol. The monoisotopic (exact) mass is 348 g/mol. The van der Waals surface area contributed by atoms with Crippen LogP contribution in [0.15, 0.2) is 42.5 Å². The molecule has 0 spiro atoms. The third-order valence-electron chi connectivity index (χ3n) is 3.72. The quantitative estimate of drug-likeness (QED) is 0.724. The van der Waals surface area contributed by atoms with Gasteiger partial charge in [-0.1, -0.05) is 18.2 Å². The van der Waals surface area contributed by atoms with E-state index in [4.69, 9.17) is 9.47 Å². The lowest BCUT2D eigenvalue weighted by atomic mass is 10.1. The van der Waals surface area contributed by atoms with E-state index in [0.29, 0.717) is 25.2 Å². The van der Waals surface area contributed by atoms with Gasteiger partial charge in [0.15, 0.2) is 11.6 Å². The second-order valence-electron chi connectivity index (χ2n) is 6.14. The SMILES string of the molecule is CC(O)CCOc1ccc(-c2ccc(OCCC(C)O)c(F)c2)cc1. The van der Waals surface area contributed by atoms with Crippen LogP contribution in [0.25, 0.3) is 11.1 Å². The van der Waals surface area contributed by atoms with Crippen molar-refractivity contribution < 1.29 is 24.1 Å². The summed E-state index contributed by atoms with van der Waals surface area (Å²) >= 11 is 0. The van der Waals surface area contributed by atoms with Gasteiger partial charge in [-0.2, -0.15) is 0 Å². The van der Waals surface area contributed by atoms with Crippen molar-refractivity contribution in [2.75, 3.05) is 13.2 Å². The first-order chi connectivity index (χ1) is 12.0. The zero-order valence-corrected chi connectivity index (χ0v) is 14.6. The van der Waals surface area contributed by atoms with Crippen LogP contribution in [0.5, 0.6) is 11.5 Å². The van der Waals surface area contributed by atoms with Crippen LogP contribution in [0, 0.1) is 5.82 Å². The first kappa shape index (κ1) is 19.2. The molecule has 4 nitrogen and oxygen atoms in total. The lowest BCUT2D eigenvalue weighted by Crippen LogP contribution is -2.08. The Morgan fingerprint density at radius 1 is 0.840 bits per heavy atom. The summed E-state index contributed by atoms with van der Waals surface area (Å²) in [6.07, 6.45) is 0.175. The molecule has 0 saturated carbocycles. The van der Waals surface area contributed by atoms with Crippen LogP contribution in [0.2, 0.25) is 0 Å². The Labute approximate surface area is 147 Å². The fraction of sp³-hybridized carbons (Fsp3) is 0.400. The van der Waals surface area contributed by atoms with Gasteiger partial charge in [0.05, 0.1) is 25.4 Å². The topological polar surface area (TPSA) is 58.9 Å². The van der Waals surface area contributed by atoms with E-state index in [1.807, 2.05) is 24.3 Å². The number of rotatable bonds is 9. The lowest BCUT2D eigenvalue weighted by molar-refractivity contribution is 0.153. The number of halogens is 1. The third kappa shape index (κ3) is 6.36. The highest BCUT2D eigenvalue weighted by Gasteiger charge is 2.07. The highest BCUT2D eigenvalue weighted by Crippen LogP contribution is 2.27. The number of hydrogen-bond donors (Lipinski definition) is 2. The minimum atomic E-state index is -0.469. The fourth-order valence-corrected chi connectivity index (χ4v) is 2.23. The van der Waals surface area contributed by atoms with Crippen molar-refractivity contribution in [3.63, 3.8) is 0 Å². The minimum absolute atomic E-state index is 0.183. The number of hydrogen-bond acceptors (Lipinski definition) is 4. The van der Waals surface area contributed by atoms with Crippen molar-refractivity contribution in [2.45, 2.75) is 38.9 Å². The van der Waals surface area contributed by atoms with Gasteiger partial charge < -0.3 is 19.7 Å². The molecule has 0 aliphatic rings. The van der Waals surface area contributed by atoms with Gasteiger partial charge in [0, 0.05) is 12.8 Å². The molecule has 2 unspecified atom stereocenters. The van der Waals surface area contributed by atoms with Gasteiger partial charge in [0.1, 0.15) is 5.75 Å². The number of aliphatic hydroxyl groups is 2. The lowest BCUT2D eigenvalue weighted by Gasteiger charge is -2.11. The van der Waals surface area contributed by atoms with E-state index in [0.717, 1.165) is 11.1 Å². The molecular weight excluding hydrogens is 323 g/mol. The van der Waals surface area contributed by atoms with Crippen molar-refractivity contribution in [2.24, 2.45) is 0 Å². The summed E-state index contributed by atoms with van der Waals surface area (Å²) in [5.74, 6) is 0.464. The van der Waals surface area contributed by atoms with Crippen LogP contribution in [0.3, 0.4) is 0 Å². The molecule has 2 atom stereocenters. The van der Waals surface area contributed by atoms with Gasteiger partial charge >= 0.3 is 0 Å². The Hall–Kier alpha value is -2.11. The molecule has 0 fully saturated rings. The normalized spacial score (nSPS) is 13.3. The highest BCUT2D eigenvalue weighted by atomic mass is 19.1. The van der Waals surface area contributed by atoms with E-state index in [9.17, 15) is 14.6 Å². The van der Waals surface area contributed by atoms with Crippen molar-refractivity contribution >= 4 is 0 Å².